The smallest absolute Gasteiger partial charge is 0.266 e. The van der Waals surface area contributed by atoms with Crippen molar-refractivity contribution in [2.75, 3.05) is 0 Å². The SMILES string of the molecule is O=C(/C=c1/[nH]c(=O)/c(=C\c2ccc(Br)cc2)s1)c1ccco1. The monoisotopic (exact) mass is 375 g/mol. The molecule has 110 valence electrons. The second-order valence-corrected chi connectivity index (χ2v) is 6.47. The van der Waals surface area contributed by atoms with E-state index in [9.17, 15) is 9.59 Å². The molecule has 0 saturated carbocycles. The number of ketones is 1. The first-order chi connectivity index (χ1) is 10.6. The maximum Gasteiger partial charge on any atom is 0.266 e. The third kappa shape index (κ3) is 3.35. The average molecular weight is 376 g/mol. The van der Waals surface area contributed by atoms with Crippen LogP contribution >= 0.6 is 27.3 Å². The molecule has 0 amide bonds. The number of furan rings is 1. The maximum atomic E-state index is 11.9. The van der Waals surface area contributed by atoms with Gasteiger partial charge in [-0.15, -0.1) is 11.3 Å². The van der Waals surface area contributed by atoms with E-state index in [0.29, 0.717) is 9.20 Å². The van der Waals surface area contributed by atoms with Crippen LogP contribution in [0.5, 0.6) is 0 Å². The Bertz CT molecular complexity index is 966. The highest BCUT2D eigenvalue weighted by Crippen LogP contribution is 2.10. The van der Waals surface area contributed by atoms with Crippen molar-refractivity contribution < 1.29 is 9.21 Å². The lowest BCUT2D eigenvalue weighted by Gasteiger charge is -1.91. The van der Waals surface area contributed by atoms with Crippen molar-refractivity contribution in [2.24, 2.45) is 0 Å². The molecule has 2 heterocycles. The number of rotatable bonds is 3. The van der Waals surface area contributed by atoms with Gasteiger partial charge in [0, 0.05) is 10.5 Å². The Morgan fingerprint density at radius 2 is 2.00 bits per heavy atom. The second kappa shape index (κ2) is 6.29. The van der Waals surface area contributed by atoms with Gasteiger partial charge >= 0.3 is 0 Å². The number of carbonyl (C=O) groups excluding carboxylic acids is 1. The molecule has 0 unspecified atom stereocenters. The van der Waals surface area contributed by atoms with Gasteiger partial charge in [-0.05, 0) is 35.9 Å². The van der Waals surface area contributed by atoms with Crippen LogP contribution in [-0.4, -0.2) is 10.8 Å². The van der Waals surface area contributed by atoms with Crippen molar-refractivity contribution in [3.05, 3.63) is 78.0 Å². The predicted molar refractivity (Wildman–Crippen MR) is 89.4 cm³/mol. The summed E-state index contributed by atoms with van der Waals surface area (Å²) in [6.45, 7) is 0. The minimum Gasteiger partial charge on any atom is -0.461 e. The summed E-state index contributed by atoms with van der Waals surface area (Å²) in [6, 6.07) is 10.8. The maximum absolute atomic E-state index is 11.9. The molecule has 6 heteroatoms. The zero-order chi connectivity index (χ0) is 15.5. The van der Waals surface area contributed by atoms with Crippen LogP contribution in [0.15, 0.2) is 56.3 Å². The number of H-pyrrole nitrogens is 1. The summed E-state index contributed by atoms with van der Waals surface area (Å²) in [5, 5.41) is 0. The first-order valence-corrected chi connectivity index (χ1v) is 7.99. The van der Waals surface area contributed by atoms with Gasteiger partial charge in [0.15, 0.2) is 5.76 Å². The van der Waals surface area contributed by atoms with E-state index in [2.05, 4.69) is 20.9 Å². The van der Waals surface area contributed by atoms with Crippen molar-refractivity contribution in [3.63, 3.8) is 0 Å². The molecule has 3 aromatic rings. The molecule has 1 aromatic carbocycles. The van der Waals surface area contributed by atoms with Gasteiger partial charge in [0.25, 0.3) is 5.56 Å². The summed E-state index contributed by atoms with van der Waals surface area (Å²) in [6.07, 6.45) is 4.58. The third-order valence-corrected chi connectivity index (χ3v) is 4.37. The van der Waals surface area contributed by atoms with Crippen LogP contribution < -0.4 is 14.8 Å². The summed E-state index contributed by atoms with van der Waals surface area (Å²) >= 11 is 4.60. The number of aromatic nitrogens is 1. The van der Waals surface area contributed by atoms with Crippen molar-refractivity contribution >= 4 is 45.2 Å². The molecule has 0 aliphatic heterocycles. The highest BCUT2D eigenvalue weighted by molar-refractivity contribution is 9.10. The number of nitrogens with one attached hydrogen (secondary N) is 1. The quantitative estimate of drug-likeness (QED) is 0.714. The molecule has 2 aromatic heterocycles. The third-order valence-electron chi connectivity index (χ3n) is 2.87. The van der Waals surface area contributed by atoms with Gasteiger partial charge in [0.05, 0.1) is 15.5 Å². The first-order valence-electron chi connectivity index (χ1n) is 6.38. The second-order valence-electron chi connectivity index (χ2n) is 4.47. The normalized spacial score (nSPS) is 12.8. The fourth-order valence-corrected chi connectivity index (χ4v) is 2.99. The van der Waals surface area contributed by atoms with E-state index in [0.717, 1.165) is 10.0 Å². The van der Waals surface area contributed by atoms with Gasteiger partial charge in [-0.25, -0.2) is 0 Å². The molecular weight excluding hydrogens is 366 g/mol. The lowest BCUT2D eigenvalue weighted by molar-refractivity contribution is 0.103. The zero-order valence-electron chi connectivity index (χ0n) is 11.2. The summed E-state index contributed by atoms with van der Waals surface area (Å²) in [5.41, 5.74) is 0.700. The Labute approximate surface area is 137 Å². The number of benzene rings is 1. The summed E-state index contributed by atoms with van der Waals surface area (Å²) in [4.78, 5) is 26.5. The summed E-state index contributed by atoms with van der Waals surface area (Å²) in [5.74, 6) is -0.0367. The summed E-state index contributed by atoms with van der Waals surface area (Å²) < 4.78 is 7.04. The van der Waals surface area contributed by atoms with Crippen LogP contribution in [-0.2, 0) is 0 Å². The molecule has 0 aliphatic carbocycles. The highest BCUT2D eigenvalue weighted by atomic mass is 79.9. The standard InChI is InChI=1S/C16H10BrNO3S/c17-11-5-3-10(4-6-11)8-14-16(20)18-15(22-14)9-12(19)13-2-1-7-21-13/h1-9H,(H,18,20)/b14-8+,15-9-. The molecule has 3 rings (SSSR count). The van der Waals surface area contributed by atoms with E-state index in [4.69, 9.17) is 4.42 Å². The van der Waals surface area contributed by atoms with Gasteiger partial charge in [-0.3, -0.25) is 9.59 Å². The molecule has 0 bridgehead atoms. The Kier molecular flexibility index (Phi) is 4.22. The molecule has 0 atom stereocenters. The van der Waals surface area contributed by atoms with E-state index in [1.807, 2.05) is 24.3 Å². The topological polar surface area (TPSA) is 63.1 Å². The van der Waals surface area contributed by atoms with Crippen molar-refractivity contribution in [2.45, 2.75) is 0 Å². The Morgan fingerprint density at radius 3 is 2.68 bits per heavy atom. The van der Waals surface area contributed by atoms with Crippen LogP contribution in [0.3, 0.4) is 0 Å². The number of Topliss-reactive ketones (excluding diaryl/α,β-unsaturated/α-hetero) is 1. The van der Waals surface area contributed by atoms with Crippen LogP contribution in [0, 0.1) is 0 Å². The lowest BCUT2D eigenvalue weighted by Crippen LogP contribution is -2.19. The van der Waals surface area contributed by atoms with E-state index < -0.39 is 0 Å². The van der Waals surface area contributed by atoms with Crippen molar-refractivity contribution in [1.82, 2.24) is 4.98 Å². The fourth-order valence-electron chi connectivity index (χ4n) is 1.84. The fraction of sp³-hybridized carbons (Fsp3) is 0. The molecule has 0 aliphatic rings. The van der Waals surface area contributed by atoms with Gasteiger partial charge in [-0.2, -0.15) is 0 Å². The van der Waals surface area contributed by atoms with Gasteiger partial charge < -0.3 is 9.40 Å². The Hall–Kier alpha value is -2.18. The largest absolute Gasteiger partial charge is 0.461 e. The zero-order valence-corrected chi connectivity index (χ0v) is 13.6. The van der Waals surface area contributed by atoms with Crippen molar-refractivity contribution in [1.29, 1.82) is 0 Å². The molecule has 0 fully saturated rings. The van der Waals surface area contributed by atoms with E-state index in [1.54, 1.807) is 18.2 Å². The van der Waals surface area contributed by atoms with E-state index in [-0.39, 0.29) is 17.1 Å². The summed E-state index contributed by atoms with van der Waals surface area (Å²) in [7, 11) is 0. The number of hydrogen-bond donors (Lipinski definition) is 1. The highest BCUT2D eigenvalue weighted by Gasteiger charge is 2.05. The van der Waals surface area contributed by atoms with Crippen LogP contribution in [0.4, 0.5) is 0 Å². The molecule has 4 nitrogen and oxygen atoms in total. The number of hydrogen-bond acceptors (Lipinski definition) is 4. The van der Waals surface area contributed by atoms with E-state index in [1.165, 1.54) is 23.7 Å². The first kappa shape index (κ1) is 14.7. The Morgan fingerprint density at radius 1 is 1.23 bits per heavy atom. The lowest BCUT2D eigenvalue weighted by atomic mass is 10.2. The minimum atomic E-state index is -0.280. The minimum absolute atomic E-state index is 0.216. The number of thiazole rings is 1. The molecular formula is C16H10BrNO3S. The average Bonchev–Trinajstić information content (AvgIpc) is 3.12. The predicted octanol–water partition coefficient (Wildman–Crippen LogP) is 2.28. The molecule has 0 radical (unpaired) electrons. The van der Waals surface area contributed by atoms with Gasteiger partial charge in [0.2, 0.25) is 5.78 Å². The van der Waals surface area contributed by atoms with Gasteiger partial charge in [-0.1, -0.05) is 28.1 Å². The molecule has 0 spiro atoms. The molecule has 1 N–H and O–H groups in total. The van der Waals surface area contributed by atoms with Crippen LogP contribution in [0.25, 0.3) is 12.2 Å². The van der Waals surface area contributed by atoms with Crippen molar-refractivity contribution in [3.8, 4) is 0 Å². The number of carbonyl (C=O) groups is 1. The van der Waals surface area contributed by atoms with E-state index >= 15 is 0 Å². The number of aromatic amines is 1. The number of halogens is 1. The van der Waals surface area contributed by atoms with Crippen LogP contribution in [0.1, 0.15) is 16.1 Å². The van der Waals surface area contributed by atoms with Gasteiger partial charge in [0.1, 0.15) is 0 Å². The molecule has 22 heavy (non-hydrogen) atoms. The molecule has 0 saturated heterocycles. The Balaban J connectivity index is 1.99. The van der Waals surface area contributed by atoms with Crippen LogP contribution in [0.2, 0.25) is 0 Å².